The van der Waals surface area contributed by atoms with E-state index < -0.39 is 0 Å². The SMILES string of the molecule is c1ccc2c(c1)ccc1c(-c3ccc(-c4ccc5ccc6cccc7ccc4c5c67)c4c3oc3c5ccccc5ccc34)cccc12. The van der Waals surface area contributed by atoms with Gasteiger partial charge < -0.3 is 4.42 Å². The van der Waals surface area contributed by atoms with Crippen LogP contribution in [0, 0.1) is 0 Å². The fourth-order valence-corrected chi connectivity index (χ4v) is 8.29. The van der Waals surface area contributed by atoms with Gasteiger partial charge in [0, 0.05) is 21.7 Å². The van der Waals surface area contributed by atoms with Gasteiger partial charge in [0.1, 0.15) is 11.2 Å². The molecule has 1 heterocycles. The first-order valence-electron chi connectivity index (χ1n) is 16.3. The Morgan fingerprint density at radius 2 is 0.766 bits per heavy atom. The van der Waals surface area contributed by atoms with Crippen molar-refractivity contribution in [3.8, 4) is 22.3 Å². The van der Waals surface area contributed by atoms with Crippen molar-refractivity contribution in [3.63, 3.8) is 0 Å². The van der Waals surface area contributed by atoms with E-state index in [1.165, 1.54) is 75.9 Å². The highest BCUT2D eigenvalue weighted by Gasteiger charge is 2.22. The molecule has 0 aliphatic heterocycles. The van der Waals surface area contributed by atoms with Gasteiger partial charge in [-0.15, -0.1) is 0 Å². The Labute approximate surface area is 270 Å². The third-order valence-electron chi connectivity index (χ3n) is 10.4. The molecule has 0 fully saturated rings. The van der Waals surface area contributed by atoms with Crippen LogP contribution in [-0.4, -0.2) is 0 Å². The second kappa shape index (κ2) is 9.19. The summed E-state index contributed by atoms with van der Waals surface area (Å²) in [5.41, 5.74) is 6.59. The van der Waals surface area contributed by atoms with E-state index in [1.807, 2.05) is 0 Å². The first kappa shape index (κ1) is 25.1. The predicted molar refractivity (Wildman–Crippen MR) is 201 cm³/mol. The second-order valence-electron chi connectivity index (χ2n) is 12.8. The van der Waals surface area contributed by atoms with Gasteiger partial charge in [-0.05, 0) is 88.1 Å². The zero-order valence-corrected chi connectivity index (χ0v) is 25.4. The van der Waals surface area contributed by atoms with Gasteiger partial charge in [0.2, 0.25) is 0 Å². The summed E-state index contributed by atoms with van der Waals surface area (Å²) in [6.45, 7) is 0. The molecule has 0 amide bonds. The van der Waals surface area contributed by atoms with Crippen LogP contribution in [0.5, 0.6) is 0 Å². The molecule has 1 aromatic heterocycles. The van der Waals surface area contributed by atoms with E-state index in [0.717, 1.165) is 32.9 Å². The number of furan rings is 1. The molecule has 0 aliphatic rings. The molecule has 0 atom stereocenters. The Morgan fingerprint density at radius 1 is 0.234 bits per heavy atom. The van der Waals surface area contributed by atoms with Crippen molar-refractivity contribution in [2.75, 3.05) is 0 Å². The Hall–Kier alpha value is -6.18. The van der Waals surface area contributed by atoms with Crippen molar-refractivity contribution < 1.29 is 4.42 Å². The lowest BCUT2D eigenvalue weighted by Gasteiger charge is -2.16. The lowest BCUT2D eigenvalue weighted by atomic mass is 9.87. The molecular formula is C46H26O. The van der Waals surface area contributed by atoms with Gasteiger partial charge in [-0.1, -0.05) is 146 Å². The summed E-state index contributed by atoms with van der Waals surface area (Å²) in [5.74, 6) is 0. The van der Waals surface area contributed by atoms with E-state index >= 15 is 0 Å². The number of benzene rings is 10. The molecule has 1 heteroatoms. The highest BCUT2D eigenvalue weighted by Crippen LogP contribution is 2.47. The van der Waals surface area contributed by atoms with E-state index in [0.29, 0.717) is 0 Å². The number of rotatable bonds is 2. The van der Waals surface area contributed by atoms with Crippen molar-refractivity contribution >= 4 is 86.6 Å². The Morgan fingerprint density at radius 3 is 1.62 bits per heavy atom. The van der Waals surface area contributed by atoms with E-state index in [-0.39, 0.29) is 0 Å². The molecule has 0 saturated carbocycles. The molecular weight excluding hydrogens is 569 g/mol. The third kappa shape index (κ3) is 3.38. The fraction of sp³-hybridized carbons (Fsp3) is 0. The smallest absolute Gasteiger partial charge is 0.143 e. The molecule has 216 valence electrons. The highest BCUT2D eigenvalue weighted by atomic mass is 16.3. The summed E-state index contributed by atoms with van der Waals surface area (Å²) >= 11 is 0. The van der Waals surface area contributed by atoms with E-state index in [2.05, 4.69) is 158 Å². The minimum atomic E-state index is 0.931. The van der Waals surface area contributed by atoms with Gasteiger partial charge >= 0.3 is 0 Å². The molecule has 0 bridgehead atoms. The zero-order valence-electron chi connectivity index (χ0n) is 25.4. The summed E-state index contributed by atoms with van der Waals surface area (Å²) in [6.07, 6.45) is 0. The Kier molecular flexibility index (Phi) is 4.90. The average Bonchev–Trinajstić information content (AvgIpc) is 3.54. The molecule has 0 radical (unpaired) electrons. The standard InChI is InChI=1S/C46H26O/c1-3-11-32-27(7-1)17-21-36-34(32)13-6-14-35(36)40-26-25-39(44-41-24-18-28-8-2-4-12-33(28)45(41)47-46(40)44)37-22-19-31-16-15-29-9-5-10-30-20-23-38(37)43(31)42(29)30/h1-26H. The van der Waals surface area contributed by atoms with Crippen LogP contribution in [0.1, 0.15) is 0 Å². The highest BCUT2D eigenvalue weighted by molar-refractivity contribution is 6.29. The first-order chi connectivity index (χ1) is 23.3. The lowest BCUT2D eigenvalue weighted by molar-refractivity contribution is 0.674. The van der Waals surface area contributed by atoms with E-state index in [1.54, 1.807) is 0 Å². The topological polar surface area (TPSA) is 13.1 Å². The largest absolute Gasteiger partial charge is 0.455 e. The van der Waals surface area contributed by atoms with Gasteiger partial charge in [-0.3, -0.25) is 0 Å². The summed E-state index contributed by atoms with van der Waals surface area (Å²) in [7, 11) is 0. The van der Waals surface area contributed by atoms with Crippen LogP contribution in [0.25, 0.3) is 109 Å². The minimum absolute atomic E-state index is 0.931. The molecule has 0 N–H and O–H groups in total. The van der Waals surface area contributed by atoms with Crippen molar-refractivity contribution in [3.05, 3.63) is 158 Å². The van der Waals surface area contributed by atoms with Gasteiger partial charge in [-0.2, -0.15) is 0 Å². The fourth-order valence-electron chi connectivity index (χ4n) is 8.29. The van der Waals surface area contributed by atoms with Crippen molar-refractivity contribution in [2.45, 2.75) is 0 Å². The van der Waals surface area contributed by atoms with E-state index in [9.17, 15) is 0 Å². The summed E-state index contributed by atoms with van der Waals surface area (Å²) in [6, 6.07) is 57.8. The molecule has 1 nitrogen and oxygen atoms in total. The molecule has 0 aliphatic carbocycles. The molecule has 0 unspecified atom stereocenters. The second-order valence-corrected chi connectivity index (χ2v) is 12.8. The van der Waals surface area contributed by atoms with Crippen LogP contribution >= 0.6 is 0 Å². The molecule has 10 aromatic carbocycles. The summed E-state index contributed by atoms with van der Waals surface area (Å²) in [5, 5.41) is 17.4. The molecule has 11 aromatic rings. The maximum atomic E-state index is 7.07. The van der Waals surface area contributed by atoms with Crippen molar-refractivity contribution in [1.82, 2.24) is 0 Å². The van der Waals surface area contributed by atoms with Gasteiger partial charge in [0.15, 0.2) is 0 Å². The van der Waals surface area contributed by atoms with Crippen LogP contribution < -0.4 is 0 Å². The van der Waals surface area contributed by atoms with Crippen LogP contribution in [0.4, 0.5) is 0 Å². The maximum absolute atomic E-state index is 7.07. The number of hydrogen-bond acceptors (Lipinski definition) is 1. The van der Waals surface area contributed by atoms with Crippen LogP contribution in [-0.2, 0) is 0 Å². The molecule has 0 spiro atoms. The molecule has 0 saturated heterocycles. The summed E-state index contributed by atoms with van der Waals surface area (Å²) in [4.78, 5) is 0. The lowest BCUT2D eigenvalue weighted by Crippen LogP contribution is -1.89. The quantitative estimate of drug-likeness (QED) is 0.182. The van der Waals surface area contributed by atoms with Gasteiger partial charge in [0.05, 0.1) is 0 Å². The third-order valence-corrected chi connectivity index (χ3v) is 10.4. The zero-order chi connectivity index (χ0) is 30.6. The Balaban J connectivity index is 1.29. The normalized spacial score (nSPS) is 12.3. The van der Waals surface area contributed by atoms with Crippen LogP contribution in [0.2, 0.25) is 0 Å². The predicted octanol–water partition coefficient (Wildman–Crippen LogP) is 13.3. The average molecular weight is 595 g/mol. The van der Waals surface area contributed by atoms with Crippen molar-refractivity contribution in [2.24, 2.45) is 0 Å². The number of hydrogen-bond donors (Lipinski definition) is 0. The molecule has 47 heavy (non-hydrogen) atoms. The first-order valence-corrected chi connectivity index (χ1v) is 16.3. The monoisotopic (exact) mass is 594 g/mol. The minimum Gasteiger partial charge on any atom is -0.455 e. The Bertz CT molecular complexity index is 3050. The van der Waals surface area contributed by atoms with Gasteiger partial charge in [-0.25, -0.2) is 0 Å². The summed E-state index contributed by atoms with van der Waals surface area (Å²) < 4.78 is 7.07. The van der Waals surface area contributed by atoms with Crippen LogP contribution in [0.15, 0.2) is 162 Å². The van der Waals surface area contributed by atoms with Gasteiger partial charge in [0.25, 0.3) is 0 Å². The maximum Gasteiger partial charge on any atom is 0.143 e. The molecule has 11 rings (SSSR count). The van der Waals surface area contributed by atoms with Crippen LogP contribution in [0.3, 0.4) is 0 Å². The van der Waals surface area contributed by atoms with E-state index in [4.69, 9.17) is 4.42 Å². The number of fused-ring (bicyclic) bond motifs is 8. The van der Waals surface area contributed by atoms with Crippen molar-refractivity contribution in [1.29, 1.82) is 0 Å².